The molecule has 0 amide bonds. The molecule has 6 N–H and O–H groups in total. The fraction of sp³-hybridized carbons (Fsp3) is 0. The van der Waals surface area contributed by atoms with Gasteiger partial charge in [0.25, 0.3) is 0 Å². The molecule has 0 aliphatic rings. The minimum absolute atomic E-state index is 0.0759. The lowest BCUT2D eigenvalue weighted by molar-refractivity contribution is 0.0686. The minimum atomic E-state index is -1.07. The molecule has 102 valence electrons. The summed E-state index contributed by atoms with van der Waals surface area (Å²) < 4.78 is 0. The first-order chi connectivity index (χ1) is 9.40. The number of hydrogen-bond donors (Lipinski definition) is 4. The zero-order chi connectivity index (χ0) is 14.9. The Morgan fingerprint density at radius 3 is 1.35 bits per heavy atom. The molecule has 2 rings (SSSR count). The molecule has 0 atom stereocenters. The molecule has 0 fully saturated rings. The number of nitrogen functional groups attached to an aromatic ring is 2. The van der Waals surface area contributed by atoms with Crippen LogP contribution in [0, 0.1) is 0 Å². The van der Waals surface area contributed by atoms with Crippen LogP contribution in [-0.2, 0) is 0 Å². The topological polar surface area (TPSA) is 127 Å². The molecular weight excluding hydrogens is 260 g/mol. The molecule has 0 aliphatic carbocycles. The Hall–Kier alpha value is -3.02. The van der Waals surface area contributed by atoms with Crippen LogP contribution in [0.25, 0.3) is 11.1 Å². The molecule has 0 spiro atoms. The van der Waals surface area contributed by atoms with Crippen molar-refractivity contribution >= 4 is 23.3 Å². The molecule has 2 aromatic rings. The molecule has 0 bridgehead atoms. The molecule has 6 heteroatoms. The van der Waals surface area contributed by atoms with Crippen molar-refractivity contribution in [2.75, 3.05) is 11.5 Å². The maximum atomic E-state index is 10.8. The van der Waals surface area contributed by atoms with Gasteiger partial charge in [0.15, 0.2) is 0 Å². The van der Waals surface area contributed by atoms with Crippen molar-refractivity contribution < 1.29 is 19.8 Å². The van der Waals surface area contributed by atoms with Gasteiger partial charge in [0.2, 0.25) is 0 Å². The van der Waals surface area contributed by atoms with Gasteiger partial charge < -0.3 is 21.7 Å². The summed E-state index contributed by atoms with van der Waals surface area (Å²) in [6.45, 7) is 0. The summed E-state index contributed by atoms with van der Waals surface area (Å²) in [7, 11) is 0. The number of carboxylic acids is 2. The summed E-state index contributed by atoms with van der Waals surface area (Å²) in [5.74, 6) is -2.14. The number of benzene rings is 2. The second-order valence-corrected chi connectivity index (χ2v) is 4.21. The fourth-order valence-electron chi connectivity index (χ4n) is 1.88. The van der Waals surface area contributed by atoms with E-state index in [4.69, 9.17) is 21.7 Å². The van der Waals surface area contributed by atoms with E-state index in [0.29, 0.717) is 11.1 Å². The third-order valence-electron chi connectivity index (χ3n) is 2.89. The molecule has 0 heterocycles. The first-order valence-corrected chi connectivity index (χ1v) is 5.66. The highest BCUT2D eigenvalue weighted by Crippen LogP contribution is 2.32. The van der Waals surface area contributed by atoms with Crippen LogP contribution in [-0.4, -0.2) is 22.2 Å². The van der Waals surface area contributed by atoms with E-state index in [-0.39, 0.29) is 22.5 Å². The molecule has 0 saturated heterocycles. The lowest BCUT2D eigenvalue weighted by Gasteiger charge is -2.10. The van der Waals surface area contributed by atoms with Gasteiger partial charge in [-0.25, -0.2) is 9.59 Å². The Morgan fingerprint density at radius 2 is 1.10 bits per heavy atom. The Balaban J connectivity index is 2.52. The van der Waals surface area contributed by atoms with Crippen molar-refractivity contribution in [2.45, 2.75) is 0 Å². The van der Waals surface area contributed by atoms with E-state index in [1.54, 1.807) is 12.1 Å². The van der Waals surface area contributed by atoms with Gasteiger partial charge in [-0.1, -0.05) is 12.1 Å². The predicted octanol–water partition coefficient (Wildman–Crippen LogP) is 1.91. The molecule has 0 aromatic heterocycles. The van der Waals surface area contributed by atoms with E-state index in [0.717, 1.165) is 0 Å². The average molecular weight is 272 g/mol. The second kappa shape index (κ2) is 4.93. The van der Waals surface area contributed by atoms with Crippen LogP contribution in [0.3, 0.4) is 0 Å². The minimum Gasteiger partial charge on any atom is -0.478 e. The van der Waals surface area contributed by atoms with Gasteiger partial charge in [0, 0.05) is 22.5 Å². The summed E-state index contributed by atoms with van der Waals surface area (Å²) in [4.78, 5) is 21.7. The summed E-state index contributed by atoms with van der Waals surface area (Å²) in [6.07, 6.45) is 0. The second-order valence-electron chi connectivity index (χ2n) is 4.21. The Labute approximate surface area is 114 Å². The van der Waals surface area contributed by atoms with Crippen molar-refractivity contribution in [3.8, 4) is 11.1 Å². The highest BCUT2D eigenvalue weighted by Gasteiger charge is 2.12. The quantitative estimate of drug-likeness (QED) is 0.632. The number of nitrogens with two attached hydrogens (primary N) is 2. The summed E-state index contributed by atoms with van der Waals surface area (Å²) in [5, 5.41) is 17.8. The Bertz CT molecular complexity index is 649. The lowest BCUT2D eigenvalue weighted by Crippen LogP contribution is -2.02. The molecule has 2 aromatic carbocycles. The van der Waals surface area contributed by atoms with Crippen molar-refractivity contribution in [3.63, 3.8) is 0 Å². The van der Waals surface area contributed by atoms with E-state index in [1.807, 2.05) is 0 Å². The largest absolute Gasteiger partial charge is 0.478 e. The third-order valence-corrected chi connectivity index (χ3v) is 2.89. The summed E-state index contributed by atoms with van der Waals surface area (Å²) in [5.41, 5.74) is 13.4. The normalized spacial score (nSPS) is 10.2. The van der Waals surface area contributed by atoms with Crippen molar-refractivity contribution in [1.29, 1.82) is 0 Å². The van der Waals surface area contributed by atoms with E-state index in [1.165, 1.54) is 24.3 Å². The first-order valence-electron chi connectivity index (χ1n) is 5.66. The summed E-state index contributed by atoms with van der Waals surface area (Å²) in [6, 6.07) is 8.59. The van der Waals surface area contributed by atoms with Gasteiger partial charge in [-0.2, -0.15) is 0 Å². The molecule has 0 unspecified atom stereocenters. The van der Waals surface area contributed by atoms with Gasteiger partial charge in [0.1, 0.15) is 0 Å². The Morgan fingerprint density at radius 1 is 0.750 bits per heavy atom. The number of rotatable bonds is 3. The molecule has 0 aliphatic heterocycles. The van der Waals surface area contributed by atoms with Gasteiger partial charge in [-0.05, 0) is 24.3 Å². The van der Waals surface area contributed by atoms with E-state index >= 15 is 0 Å². The molecular formula is C14H12N2O4. The Kier molecular flexibility index (Phi) is 3.30. The highest BCUT2D eigenvalue weighted by molar-refractivity contribution is 5.95. The third kappa shape index (κ3) is 2.39. The maximum absolute atomic E-state index is 10.8. The highest BCUT2D eigenvalue weighted by atomic mass is 16.4. The van der Waals surface area contributed by atoms with Crippen LogP contribution in [0.5, 0.6) is 0 Å². The molecule has 0 radical (unpaired) electrons. The number of hydrogen-bond acceptors (Lipinski definition) is 4. The number of anilines is 2. The first kappa shape index (κ1) is 13.4. The van der Waals surface area contributed by atoms with Gasteiger partial charge >= 0.3 is 11.9 Å². The van der Waals surface area contributed by atoms with Gasteiger partial charge in [-0.15, -0.1) is 0 Å². The average Bonchev–Trinajstić information content (AvgIpc) is 2.38. The van der Waals surface area contributed by atoms with E-state index in [2.05, 4.69) is 0 Å². The zero-order valence-electron chi connectivity index (χ0n) is 10.3. The van der Waals surface area contributed by atoms with Crippen molar-refractivity contribution in [3.05, 3.63) is 47.5 Å². The molecule has 0 saturated carbocycles. The lowest BCUT2D eigenvalue weighted by atomic mass is 9.98. The van der Waals surface area contributed by atoms with Gasteiger partial charge in [-0.3, -0.25) is 0 Å². The van der Waals surface area contributed by atoms with E-state index in [9.17, 15) is 9.59 Å². The van der Waals surface area contributed by atoms with Crippen molar-refractivity contribution in [1.82, 2.24) is 0 Å². The van der Waals surface area contributed by atoms with Crippen LogP contribution in [0.2, 0.25) is 0 Å². The standard InChI is InChI=1S/C14H12N2O4/c15-11-5-7(13(17)18)1-3-9(11)10-4-2-8(14(19)20)6-12(10)16/h1-6H,15-16H2,(H,17,18)(H,19,20). The monoisotopic (exact) mass is 272 g/mol. The van der Waals surface area contributed by atoms with E-state index < -0.39 is 11.9 Å². The number of carbonyl (C=O) groups is 2. The smallest absolute Gasteiger partial charge is 0.335 e. The maximum Gasteiger partial charge on any atom is 0.335 e. The van der Waals surface area contributed by atoms with Crippen LogP contribution in [0.1, 0.15) is 20.7 Å². The van der Waals surface area contributed by atoms with Crippen molar-refractivity contribution in [2.24, 2.45) is 0 Å². The van der Waals surface area contributed by atoms with Crippen LogP contribution in [0.15, 0.2) is 36.4 Å². The fourth-order valence-corrected chi connectivity index (χ4v) is 1.88. The SMILES string of the molecule is Nc1cc(C(=O)O)ccc1-c1ccc(C(=O)O)cc1N. The molecule has 20 heavy (non-hydrogen) atoms. The van der Waals surface area contributed by atoms with Crippen LogP contribution >= 0.6 is 0 Å². The number of carboxylic acid groups (broad SMARTS) is 2. The predicted molar refractivity (Wildman–Crippen MR) is 74.6 cm³/mol. The molecule has 6 nitrogen and oxygen atoms in total. The van der Waals surface area contributed by atoms with Crippen LogP contribution in [0.4, 0.5) is 11.4 Å². The number of aromatic carboxylic acids is 2. The van der Waals surface area contributed by atoms with Gasteiger partial charge in [0.05, 0.1) is 11.1 Å². The summed E-state index contributed by atoms with van der Waals surface area (Å²) >= 11 is 0. The zero-order valence-corrected chi connectivity index (χ0v) is 10.3. The van der Waals surface area contributed by atoms with Crippen LogP contribution < -0.4 is 11.5 Å².